The average molecular weight is 322 g/mol. The third-order valence-corrected chi connectivity index (χ3v) is 5.56. The van der Waals surface area contributed by atoms with Crippen LogP contribution < -0.4 is 0 Å². The van der Waals surface area contributed by atoms with Crippen molar-refractivity contribution in [3.8, 4) is 0 Å². The Morgan fingerprint density at radius 1 is 0.789 bits per heavy atom. The minimum absolute atomic E-state index is 2.72. The first kappa shape index (κ1) is 17.2. The third kappa shape index (κ3) is 2.50. The molecule has 0 bridgehead atoms. The van der Waals surface area contributed by atoms with Crippen molar-refractivity contribution >= 4 is 38.1 Å². The van der Waals surface area contributed by atoms with Gasteiger partial charge in [-0.2, -0.15) is 16.8 Å². The van der Waals surface area contributed by atoms with Crippen LogP contribution in [-0.2, 0) is 34.6 Å². The molecule has 0 aliphatic rings. The predicted molar refractivity (Wildman–Crippen MR) is 52.2 cm³/mol. The summed E-state index contributed by atoms with van der Waals surface area (Å²) in [6.45, 7) is 0. The topological polar surface area (TPSA) is 221 Å². The van der Waals surface area contributed by atoms with Gasteiger partial charge in [0.15, 0.2) is 0 Å². The van der Waals surface area contributed by atoms with E-state index in [1.807, 2.05) is 0 Å². The van der Waals surface area contributed by atoms with Crippen LogP contribution in [0, 0.1) is 5.92 Å². The van der Waals surface area contributed by atoms with Gasteiger partial charge in [-0.1, -0.05) is 0 Å². The van der Waals surface area contributed by atoms with Crippen LogP contribution in [0.4, 0.5) is 0 Å². The number of carbonyl (C=O) groups is 3. The maximum atomic E-state index is 10.9. The lowest BCUT2D eigenvalue weighted by molar-refractivity contribution is -0.160. The first-order valence-electron chi connectivity index (χ1n) is 3.84. The highest BCUT2D eigenvalue weighted by Gasteiger charge is 2.72. The van der Waals surface area contributed by atoms with Crippen LogP contribution in [-0.4, -0.2) is 63.2 Å². The molecule has 0 radical (unpaired) electrons. The van der Waals surface area contributed by atoms with Crippen LogP contribution >= 0.6 is 0 Å². The SMILES string of the molecule is O=C(O)C(C(=O)O)C(C(=O)O)(S(=O)(=O)O)S(=O)(=O)O. The van der Waals surface area contributed by atoms with Crippen molar-refractivity contribution in [3.05, 3.63) is 0 Å². The second-order valence-corrected chi connectivity index (χ2v) is 6.48. The Labute approximate surface area is 104 Å². The fourth-order valence-electron chi connectivity index (χ4n) is 1.21. The van der Waals surface area contributed by atoms with Crippen molar-refractivity contribution < 1.29 is 55.6 Å². The molecule has 0 aromatic rings. The smallest absolute Gasteiger partial charge is 0.347 e. The molecule has 0 atom stereocenters. The molecule has 0 aromatic heterocycles. The lowest BCUT2D eigenvalue weighted by Crippen LogP contribution is -2.62. The molecule has 0 rings (SSSR count). The Hall–Kier alpha value is -1.77. The van der Waals surface area contributed by atoms with Crippen LogP contribution in [0.1, 0.15) is 0 Å². The Morgan fingerprint density at radius 2 is 1.05 bits per heavy atom. The van der Waals surface area contributed by atoms with Gasteiger partial charge in [-0.05, 0) is 0 Å². The van der Waals surface area contributed by atoms with Gasteiger partial charge in [0, 0.05) is 0 Å². The van der Waals surface area contributed by atoms with Crippen LogP contribution in [0.5, 0.6) is 0 Å². The number of hydrogen-bond acceptors (Lipinski definition) is 7. The third-order valence-electron chi connectivity index (χ3n) is 1.94. The van der Waals surface area contributed by atoms with E-state index in [0.29, 0.717) is 0 Å². The minimum atomic E-state index is -6.37. The molecule has 12 nitrogen and oxygen atoms in total. The lowest BCUT2D eigenvalue weighted by atomic mass is 10.1. The predicted octanol–water partition coefficient (Wildman–Crippen LogP) is -2.67. The van der Waals surface area contributed by atoms with Gasteiger partial charge in [0.25, 0.3) is 0 Å². The van der Waals surface area contributed by atoms with E-state index in [0.717, 1.165) is 0 Å². The number of hydrogen-bond donors (Lipinski definition) is 5. The molecule has 0 heterocycles. The molecule has 0 aromatic carbocycles. The molecular formula is C5H6O12S2. The molecule has 0 saturated carbocycles. The molecule has 0 spiro atoms. The van der Waals surface area contributed by atoms with Crippen molar-refractivity contribution in [2.45, 2.75) is 4.08 Å². The van der Waals surface area contributed by atoms with Gasteiger partial charge >= 0.3 is 42.2 Å². The summed E-state index contributed by atoms with van der Waals surface area (Å²) in [7, 11) is -12.7. The van der Waals surface area contributed by atoms with Crippen molar-refractivity contribution in [2.24, 2.45) is 5.92 Å². The van der Waals surface area contributed by atoms with E-state index in [9.17, 15) is 31.2 Å². The summed E-state index contributed by atoms with van der Waals surface area (Å²) in [6, 6.07) is 0. The van der Waals surface area contributed by atoms with Crippen molar-refractivity contribution in [1.29, 1.82) is 0 Å². The molecule has 0 unspecified atom stereocenters. The monoisotopic (exact) mass is 322 g/mol. The van der Waals surface area contributed by atoms with Crippen molar-refractivity contribution in [3.63, 3.8) is 0 Å². The largest absolute Gasteiger partial charge is 0.481 e. The first-order chi connectivity index (χ1) is 8.21. The summed E-state index contributed by atoms with van der Waals surface area (Å²) in [6.07, 6.45) is 0. The van der Waals surface area contributed by atoms with E-state index in [4.69, 9.17) is 24.4 Å². The molecule has 110 valence electrons. The number of carboxylic acid groups (broad SMARTS) is 3. The zero-order valence-corrected chi connectivity index (χ0v) is 10.1. The highest BCUT2D eigenvalue weighted by Crippen LogP contribution is 2.33. The summed E-state index contributed by atoms with van der Waals surface area (Å²) in [4.78, 5) is 31.9. The zero-order chi connectivity index (χ0) is 15.8. The Kier molecular flexibility index (Phi) is 4.28. The Morgan fingerprint density at radius 3 is 1.11 bits per heavy atom. The molecule has 19 heavy (non-hydrogen) atoms. The Bertz CT molecular complexity index is 577. The molecule has 0 amide bonds. The summed E-state index contributed by atoms with van der Waals surface area (Å²) < 4.78 is 56.0. The fourth-order valence-corrected chi connectivity index (χ4v) is 3.71. The highest BCUT2D eigenvalue weighted by atomic mass is 32.3. The van der Waals surface area contributed by atoms with Crippen molar-refractivity contribution in [2.75, 3.05) is 0 Å². The first-order valence-corrected chi connectivity index (χ1v) is 6.72. The maximum Gasteiger partial charge on any atom is 0.347 e. The number of aliphatic carboxylic acids is 3. The second kappa shape index (κ2) is 4.72. The van der Waals surface area contributed by atoms with Crippen LogP contribution in [0.15, 0.2) is 0 Å². The standard InChI is InChI=1S/C5H6O12S2/c6-2(7)1(3(8)9)5(4(10)11,18(12,13)14)19(15,16)17/h1H,(H,6,7)(H,8,9)(H,10,11)(H,12,13,14)(H,15,16,17). The zero-order valence-electron chi connectivity index (χ0n) is 8.49. The average Bonchev–Trinajstić information content (AvgIpc) is 2.06. The van der Waals surface area contributed by atoms with Gasteiger partial charge in [-0.15, -0.1) is 0 Å². The van der Waals surface area contributed by atoms with Gasteiger partial charge in [0.2, 0.25) is 5.92 Å². The minimum Gasteiger partial charge on any atom is -0.481 e. The summed E-state index contributed by atoms with van der Waals surface area (Å²) in [5.74, 6) is -12.2. The molecule has 14 heteroatoms. The van der Waals surface area contributed by atoms with Gasteiger partial charge in [0.1, 0.15) is 0 Å². The van der Waals surface area contributed by atoms with E-state index in [1.165, 1.54) is 0 Å². The van der Waals surface area contributed by atoms with Gasteiger partial charge in [-0.25, -0.2) is 4.79 Å². The number of carboxylic acids is 3. The summed E-state index contributed by atoms with van der Waals surface area (Å²) in [5, 5.41) is 25.5. The van der Waals surface area contributed by atoms with Crippen LogP contribution in [0.25, 0.3) is 0 Å². The van der Waals surface area contributed by atoms with Crippen molar-refractivity contribution in [1.82, 2.24) is 0 Å². The normalized spacial score (nSPS) is 13.2. The summed E-state index contributed by atoms with van der Waals surface area (Å²) in [5.41, 5.74) is 0. The lowest BCUT2D eigenvalue weighted by Gasteiger charge is -2.25. The highest BCUT2D eigenvalue weighted by molar-refractivity contribution is 8.06. The molecule has 0 fully saturated rings. The van der Waals surface area contributed by atoms with Crippen LogP contribution in [0.2, 0.25) is 0 Å². The van der Waals surface area contributed by atoms with E-state index in [1.54, 1.807) is 0 Å². The van der Waals surface area contributed by atoms with Crippen LogP contribution in [0.3, 0.4) is 0 Å². The second-order valence-electron chi connectivity index (χ2n) is 3.03. The molecule has 0 aliphatic carbocycles. The van der Waals surface area contributed by atoms with E-state index < -0.39 is 48.1 Å². The van der Waals surface area contributed by atoms with E-state index >= 15 is 0 Å². The maximum absolute atomic E-state index is 10.9. The summed E-state index contributed by atoms with van der Waals surface area (Å²) >= 11 is 0. The van der Waals surface area contributed by atoms with Gasteiger partial charge in [0.05, 0.1) is 0 Å². The van der Waals surface area contributed by atoms with E-state index in [-0.39, 0.29) is 0 Å². The quantitative estimate of drug-likeness (QED) is 0.249. The molecule has 5 N–H and O–H groups in total. The van der Waals surface area contributed by atoms with Gasteiger partial charge in [-0.3, -0.25) is 18.7 Å². The molecular weight excluding hydrogens is 316 g/mol. The fraction of sp³-hybridized carbons (Fsp3) is 0.400. The van der Waals surface area contributed by atoms with E-state index in [2.05, 4.69) is 0 Å². The molecule has 0 saturated heterocycles. The Balaban J connectivity index is 6.96. The molecule has 0 aliphatic heterocycles. The number of rotatable bonds is 6. The van der Waals surface area contributed by atoms with Gasteiger partial charge < -0.3 is 15.3 Å².